The first-order valence-corrected chi connectivity index (χ1v) is 8.45. The van der Waals surface area contributed by atoms with Gasteiger partial charge in [0.25, 0.3) is 0 Å². The van der Waals surface area contributed by atoms with Gasteiger partial charge in [-0.25, -0.2) is 8.93 Å². The van der Waals surface area contributed by atoms with Gasteiger partial charge in [0.15, 0.2) is 0 Å². The highest BCUT2D eigenvalue weighted by molar-refractivity contribution is 7.84. The predicted octanol–water partition coefficient (Wildman–Crippen LogP) is 2.87. The molecule has 0 bridgehead atoms. The Kier molecular flexibility index (Phi) is 4.67. The maximum Gasteiger partial charge on any atom is 0.106 e. The maximum atomic E-state index is 12.3. The molecule has 2 N–H and O–H groups in total. The second kappa shape index (κ2) is 5.96. The molecule has 1 unspecified atom stereocenters. The molecular weight excluding hydrogens is 270 g/mol. The van der Waals surface area contributed by atoms with Crippen LogP contribution in [0.1, 0.15) is 52.0 Å². The minimum atomic E-state index is -1.17. The van der Waals surface area contributed by atoms with Gasteiger partial charge in [-0.05, 0) is 39.2 Å². The van der Waals surface area contributed by atoms with Crippen LogP contribution in [0.3, 0.4) is 0 Å². The normalized spacial score (nSPS) is 29.1. The smallest absolute Gasteiger partial charge is 0.106 e. The highest BCUT2D eigenvalue weighted by Crippen LogP contribution is 2.37. The highest BCUT2D eigenvalue weighted by atomic mass is 32.2. The Balaban J connectivity index is 2.23. The first-order valence-electron chi connectivity index (χ1n) is 7.30. The standard InChI is InChI=1S/C16H25NO2S/c1-15(2,3)20(19)17-14-11-7-8-12-16(14,18)13-9-5-4-6-10-13/h4-6,9-10,14,17-18H,7-8,11-12H2,1-3H3/t14-,16+,20?/m0/s1. The lowest BCUT2D eigenvalue weighted by Crippen LogP contribution is -2.53. The van der Waals surface area contributed by atoms with E-state index in [4.69, 9.17) is 0 Å². The Morgan fingerprint density at radius 3 is 2.50 bits per heavy atom. The molecule has 1 aliphatic carbocycles. The second-order valence-corrected chi connectivity index (χ2v) is 8.59. The Labute approximate surface area is 124 Å². The quantitative estimate of drug-likeness (QED) is 0.901. The van der Waals surface area contributed by atoms with Crippen molar-refractivity contribution in [2.45, 2.75) is 62.8 Å². The molecule has 1 fully saturated rings. The van der Waals surface area contributed by atoms with Crippen LogP contribution in [0, 0.1) is 0 Å². The number of hydrogen-bond donors (Lipinski definition) is 2. The van der Waals surface area contributed by atoms with Crippen LogP contribution in [0.2, 0.25) is 0 Å². The van der Waals surface area contributed by atoms with E-state index in [9.17, 15) is 9.32 Å². The number of aliphatic hydroxyl groups is 1. The van der Waals surface area contributed by atoms with Gasteiger partial charge in [-0.15, -0.1) is 0 Å². The van der Waals surface area contributed by atoms with Gasteiger partial charge in [0.1, 0.15) is 5.60 Å². The van der Waals surface area contributed by atoms with Crippen molar-refractivity contribution < 1.29 is 9.32 Å². The van der Waals surface area contributed by atoms with Crippen molar-refractivity contribution in [1.82, 2.24) is 4.72 Å². The van der Waals surface area contributed by atoms with Crippen LogP contribution >= 0.6 is 0 Å². The Morgan fingerprint density at radius 1 is 1.25 bits per heavy atom. The fourth-order valence-electron chi connectivity index (χ4n) is 2.69. The molecule has 2 rings (SSSR count). The summed E-state index contributed by atoms with van der Waals surface area (Å²) in [6.45, 7) is 5.83. The summed E-state index contributed by atoms with van der Waals surface area (Å²) in [6.07, 6.45) is 3.64. The van der Waals surface area contributed by atoms with Crippen molar-refractivity contribution in [3.63, 3.8) is 0 Å². The van der Waals surface area contributed by atoms with Crippen molar-refractivity contribution in [3.05, 3.63) is 35.9 Å². The third-order valence-electron chi connectivity index (χ3n) is 3.96. The van der Waals surface area contributed by atoms with Crippen LogP contribution in [0.5, 0.6) is 0 Å². The summed E-state index contributed by atoms with van der Waals surface area (Å²) in [6, 6.07) is 9.60. The van der Waals surface area contributed by atoms with E-state index in [1.807, 2.05) is 51.1 Å². The molecule has 0 saturated heterocycles. The zero-order valence-corrected chi connectivity index (χ0v) is 13.4. The van der Waals surface area contributed by atoms with Gasteiger partial charge in [-0.2, -0.15) is 0 Å². The summed E-state index contributed by atoms with van der Waals surface area (Å²) in [5.41, 5.74) is 0.00330. The molecule has 3 atom stereocenters. The Hall–Kier alpha value is -0.710. The lowest BCUT2D eigenvalue weighted by atomic mass is 9.76. The van der Waals surface area contributed by atoms with E-state index in [1.165, 1.54) is 0 Å². The minimum absolute atomic E-state index is 0.154. The second-order valence-electron chi connectivity index (χ2n) is 6.59. The number of rotatable bonds is 3. The van der Waals surface area contributed by atoms with Gasteiger partial charge in [0.2, 0.25) is 0 Å². The summed E-state index contributed by atoms with van der Waals surface area (Å²) < 4.78 is 15.2. The van der Waals surface area contributed by atoms with Crippen LogP contribution < -0.4 is 4.72 Å². The molecule has 4 heteroatoms. The molecule has 3 nitrogen and oxygen atoms in total. The van der Waals surface area contributed by atoms with Gasteiger partial charge < -0.3 is 5.11 Å². The first-order chi connectivity index (χ1) is 9.34. The molecule has 112 valence electrons. The minimum Gasteiger partial charge on any atom is -0.383 e. The number of nitrogens with one attached hydrogen (secondary N) is 1. The van der Waals surface area contributed by atoms with E-state index < -0.39 is 16.6 Å². The van der Waals surface area contributed by atoms with Crippen molar-refractivity contribution in [2.24, 2.45) is 0 Å². The molecule has 0 aliphatic heterocycles. The van der Waals surface area contributed by atoms with Gasteiger partial charge in [0.05, 0.1) is 21.8 Å². The monoisotopic (exact) mass is 295 g/mol. The summed E-state index contributed by atoms with van der Waals surface area (Å²) in [5, 5.41) is 11.1. The van der Waals surface area contributed by atoms with E-state index in [-0.39, 0.29) is 10.8 Å². The lowest BCUT2D eigenvalue weighted by molar-refractivity contribution is -0.0246. The van der Waals surface area contributed by atoms with Gasteiger partial charge >= 0.3 is 0 Å². The maximum absolute atomic E-state index is 12.3. The highest BCUT2D eigenvalue weighted by Gasteiger charge is 2.42. The zero-order valence-electron chi connectivity index (χ0n) is 12.6. The largest absolute Gasteiger partial charge is 0.383 e. The Bertz CT molecular complexity index is 469. The molecular formula is C16H25NO2S. The molecule has 0 spiro atoms. The van der Waals surface area contributed by atoms with E-state index in [0.29, 0.717) is 0 Å². The lowest BCUT2D eigenvalue weighted by Gasteiger charge is -2.41. The number of hydrogen-bond acceptors (Lipinski definition) is 2. The van der Waals surface area contributed by atoms with E-state index >= 15 is 0 Å². The summed E-state index contributed by atoms with van der Waals surface area (Å²) >= 11 is 0. The van der Waals surface area contributed by atoms with Crippen molar-refractivity contribution >= 4 is 11.0 Å². The summed E-state index contributed by atoms with van der Waals surface area (Å²) in [5.74, 6) is 0. The van der Waals surface area contributed by atoms with Gasteiger partial charge in [-0.3, -0.25) is 0 Å². The average molecular weight is 295 g/mol. The van der Waals surface area contributed by atoms with Crippen LogP contribution in [0.4, 0.5) is 0 Å². The zero-order chi connectivity index (χ0) is 14.8. The SMILES string of the molecule is CC(C)(C)S(=O)N[C@H]1CCCC[C@@]1(O)c1ccccc1. The van der Waals surface area contributed by atoms with Gasteiger partial charge in [-0.1, -0.05) is 43.2 Å². The fraction of sp³-hybridized carbons (Fsp3) is 0.625. The molecule has 0 heterocycles. The van der Waals surface area contributed by atoms with Crippen LogP contribution in [-0.2, 0) is 16.6 Å². The third-order valence-corrected chi connectivity index (χ3v) is 5.57. The molecule has 1 aliphatic rings. The molecule has 0 radical (unpaired) electrons. The molecule has 0 amide bonds. The van der Waals surface area contributed by atoms with Gasteiger partial charge in [0, 0.05) is 0 Å². The predicted molar refractivity (Wildman–Crippen MR) is 83.6 cm³/mol. The van der Waals surface area contributed by atoms with Crippen LogP contribution in [-0.4, -0.2) is 20.1 Å². The summed E-state index contributed by atoms with van der Waals surface area (Å²) in [7, 11) is -1.17. The fourth-order valence-corrected chi connectivity index (χ4v) is 3.62. The van der Waals surface area contributed by atoms with Crippen molar-refractivity contribution in [2.75, 3.05) is 0 Å². The van der Waals surface area contributed by atoms with Crippen molar-refractivity contribution in [1.29, 1.82) is 0 Å². The molecule has 20 heavy (non-hydrogen) atoms. The van der Waals surface area contributed by atoms with E-state index in [1.54, 1.807) is 0 Å². The topological polar surface area (TPSA) is 49.3 Å². The van der Waals surface area contributed by atoms with E-state index in [2.05, 4.69) is 4.72 Å². The first kappa shape index (κ1) is 15.7. The molecule has 1 aromatic carbocycles. The molecule has 1 aromatic rings. The molecule has 1 saturated carbocycles. The van der Waals surface area contributed by atoms with Crippen LogP contribution in [0.15, 0.2) is 30.3 Å². The summed E-state index contributed by atoms with van der Waals surface area (Å²) in [4.78, 5) is 0. The molecule has 0 aromatic heterocycles. The average Bonchev–Trinajstić information content (AvgIpc) is 2.41. The number of benzene rings is 1. The van der Waals surface area contributed by atoms with Crippen LogP contribution in [0.25, 0.3) is 0 Å². The van der Waals surface area contributed by atoms with Crippen molar-refractivity contribution in [3.8, 4) is 0 Å². The van der Waals surface area contributed by atoms with E-state index in [0.717, 1.165) is 31.2 Å². The third kappa shape index (κ3) is 3.30. The Morgan fingerprint density at radius 2 is 1.90 bits per heavy atom.